The van der Waals surface area contributed by atoms with Crippen molar-refractivity contribution < 1.29 is 38.2 Å². The topological polar surface area (TPSA) is 134 Å². The zero-order chi connectivity index (χ0) is 39.0. The molecule has 0 saturated heterocycles. The normalized spacial score (nSPS) is 13.4. The van der Waals surface area contributed by atoms with E-state index in [9.17, 15) is 24.3 Å². The molecular formula is C43H50FN3O7. The highest BCUT2D eigenvalue weighted by Crippen LogP contribution is 2.19. The van der Waals surface area contributed by atoms with Crippen molar-refractivity contribution in [3.63, 3.8) is 0 Å². The number of Topliss-reactive ketones (excluding diaryl/α,β-unsaturated/α-hetero) is 1. The Bertz CT molecular complexity index is 1770. The van der Waals surface area contributed by atoms with E-state index < -0.39 is 60.1 Å². The van der Waals surface area contributed by atoms with E-state index in [1.165, 1.54) is 0 Å². The largest absolute Gasteiger partial charge is 0.489 e. The molecule has 0 heterocycles. The van der Waals surface area contributed by atoms with E-state index >= 15 is 4.48 Å². The van der Waals surface area contributed by atoms with Crippen molar-refractivity contribution in [1.82, 2.24) is 15.8 Å². The van der Waals surface area contributed by atoms with Crippen molar-refractivity contribution in [3.8, 4) is 5.75 Å². The number of carbonyl (C=O) groups excluding carboxylic acids is 4. The summed E-state index contributed by atoms with van der Waals surface area (Å²) >= 11 is 0. The molecule has 0 aliphatic rings. The first-order valence-corrected chi connectivity index (χ1v) is 18.1. The van der Waals surface area contributed by atoms with Gasteiger partial charge in [-0.05, 0) is 52.6 Å². The van der Waals surface area contributed by atoms with E-state index in [-0.39, 0.29) is 30.7 Å². The third-order valence-corrected chi connectivity index (χ3v) is 8.95. The zero-order valence-electron chi connectivity index (χ0n) is 31.2. The maximum Gasteiger partial charge on any atom is 0.258 e. The average molecular weight is 740 g/mol. The fourth-order valence-corrected chi connectivity index (χ4v) is 5.68. The van der Waals surface area contributed by atoms with Gasteiger partial charge in [-0.15, -0.1) is 0 Å². The molecule has 0 aliphatic carbocycles. The van der Waals surface area contributed by atoms with Crippen LogP contribution in [0.25, 0.3) is 0 Å². The minimum Gasteiger partial charge on any atom is -0.489 e. The summed E-state index contributed by atoms with van der Waals surface area (Å²) in [4.78, 5) is 53.8. The van der Waals surface area contributed by atoms with Crippen LogP contribution in [0.15, 0.2) is 115 Å². The average Bonchev–Trinajstić information content (AvgIpc) is 3.18. The van der Waals surface area contributed by atoms with Gasteiger partial charge in [0.2, 0.25) is 5.91 Å². The van der Waals surface area contributed by atoms with Crippen LogP contribution >= 0.6 is 0 Å². The third-order valence-electron chi connectivity index (χ3n) is 8.95. The molecular weight excluding hydrogens is 689 g/mol. The number of hydrogen-bond donors (Lipinski definition) is 3. The molecule has 0 radical (unpaired) electrons. The Labute approximate surface area is 316 Å². The minimum absolute atomic E-state index is 0.0255. The first-order valence-electron chi connectivity index (χ1n) is 18.1. The Morgan fingerprint density at radius 2 is 1.24 bits per heavy atom. The molecule has 0 aromatic heterocycles. The highest BCUT2D eigenvalue weighted by Gasteiger charge is 2.34. The van der Waals surface area contributed by atoms with Crippen molar-refractivity contribution in [2.45, 2.75) is 78.0 Å². The predicted octanol–water partition coefficient (Wildman–Crippen LogP) is 6.08. The van der Waals surface area contributed by atoms with Crippen LogP contribution in [0.1, 0.15) is 62.5 Å². The zero-order valence-corrected chi connectivity index (χ0v) is 31.2. The van der Waals surface area contributed by atoms with Crippen LogP contribution in [-0.2, 0) is 43.5 Å². The number of halogens is 1. The SMILES string of the molecule is CC(C)C(COCc1ccccc1)N(F)C(=O)CC(=O)C(Cc1ccc(OCc2ccccc2)cc1)NC(=O)[C@H](NC(=O)C(O)c1ccccc1)C(C)C. The summed E-state index contributed by atoms with van der Waals surface area (Å²) in [5.74, 6) is -3.45. The highest BCUT2D eigenvalue weighted by atomic mass is 19.2. The maximum atomic E-state index is 15.7. The van der Waals surface area contributed by atoms with Gasteiger partial charge in [-0.1, -0.05) is 135 Å². The molecule has 10 nitrogen and oxygen atoms in total. The molecule has 0 fully saturated rings. The molecule has 3 amide bonds. The van der Waals surface area contributed by atoms with Crippen LogP contribution in [0.2, 0.25) is 0 Å². The van der Waals surface area contributed by atoms with Gasteiger partial charge < -0.3 is 25.2 Å². The highest BCUT2D eigenvalue weighted by molar-refractivity contribution is 6.02. The predicted molar refractivity (Wildman–Crippen MR) is 203 cm³/mol. The number of benzene rings is 4. The van der Waals surface area contributed by atoms with Gasteiger partial charge in [-0.2, -0.15) is 5.12 Å². The van der Waals surface area contributed by atoms with E-state index in [1.54, 1.807) is 82.3 Å². The van der Waals surface area contributed by atoms with Crippen molar-refractivity contribution in [3.05, 3.63) is 138 Å². The Kier molecular flexibility index (Phi) is 15.9. The summed E-state index contributed by atoms with van der Waals surface area (Å²) in [6.07, 6.45) is -2.38. The minimum atomic E-state index is -1.53. The molecule has 0 aliphatic heterocycles. The lowest BCUT2D eigenvalue weighted by Crippen LogP contribution is -2.55. The van der Waals surface area contributed by atoms with E-state index in [0.717, 1.165) is 11.1 Å². The second kappa shape index (κ2) is 20.7. The number of carbonyl (C=O) groups is 4. The lowest BCUT2D eigenvalue weighted by atomic mass is 9.97. The monoisotopic (exact) mass is 739 g/mol. The smallest absolute Gasteiger partial charge is 0.258 e. The van der Waals surface area contributed by atoms with Crippen molar-refractivity contribution in [1.29, 1.82) is 0 Å². The number of amides is 3. The third kappa shape index (κ3) is 12.6. The number of aliphatic hydroxyl groups excluding tert-OH is 1. The summed E-state index contributed by atoms with van der Waals surface area (Å²) in [5.41, 5.74) is 2.88. The molecule has 4 aromatic rings. The summed E-state index contributed by atoms with van der Waals surface area (Å²) in [6, 6.07) is 30.9. The second-order valence-electron chi connectivity index (χ2n) is 13.9. The number of nitrogens with zero attached hydrogens (tertiary/aromatic N) is 1. The molecule has 11 heteroatoms. The van der Waals surface area contributed by atoms with Crippen LogP contribution in [0.4, 0.5) is 4.48 Å². The van der Waals surface area contributed by atoms with Gasteiger partial charge in [-0.3, -0.25) is 19.2 Å². The molecule has 0 bridgehead atoms. The lowest BCUT2D eigenvalue weighted by Gasteiger charge is -2.28. The van der Waals surface area contributed by atoms with E-state index in [4.69, 9.17) is 9.47 Å². The molecule has 4 aromatic carbocycles. The molecule has 4 atom stereocenters. The van der Waals surface area contributed by atoms with Gasteiger partial charge in [0.05, 0.1) is 31.7 Å². The number of nitrogens with one attached hydrogen (secondary N) is 2. The fraction of sp³-hybridized carbons (Fsp3) is 0.349. The number of rotatable bonds is 20. The van der Waals surface area contributed by atoms with Gasteiger partial charge in [0.1, 0.15) is 18.4 Å². The molecule has 3 N–H and O–H groups in total. The van der Waals surface area contributed by atoms with E-state index in [1.807, 2.05) is 60.7 Å². The van der Waals surface area contributed by atoms with E-state index in [0.29, 0.717) is 23.5 Å². The first kappa shape index (κ1) is 41.4. The Morgan fingerprint density at radius 3 is 1.80 bits per heavy atom. The molecule has 0 spiro atoms. The van der Waals surface area contributed by atoms with Crippen LogP contribution in [-0.4, -0.2) is 58.5 Å². The standard InChI is InChI=1S/C43H50FN3O7/c1-29(2)37(28-53-26-32-14-8-5-9-15-32)47(44)39(49)25-38(48)36(24-31-20-22-35(23-21-31)54-27-33-16-10-6-11-17-33)45-42(51)40(30(3)4)46-43(52)41(50)34-18-12-7-13-19-34/h5-23,29-30,36-37,40-41,50H,24-28H2,1-4H3,(H,45,51)(H,46,52)/t36?,37?,40-,41?/m1/s1. The van der Waals surface area contributed by atoms with Crippen LogP contribution in [0.3, 0.4) is 0 Å². The first-order chi connectivity index (χ1) is 25.9. The summed E-state index contributed by atoms with van der Waals surface area (Å²) in [5, 5.41) is 16.0. The number of aliphatic hydroxyl groups is 1. The molecule has 0 saturated carbocycles. The lowest BCUT2D eigenvalue weighted by molar-refractivity contribution is -0.160. The van der Waals surface area contributed by atoms with Gasteiger partial charge >= 0.3 is 0 Å². The Balaban J connectivity index is 1.48. The Hall–Kier alpha value is -5.39. The van der Waals surface area contributed by atoms with Crippen molar-refractivity contribution in [2.24, 2.45) is 11.8 Å². The molecule has 4 rings (SSSR count). The van der Waals surface area contributed by atoms with Gasteiger partial charge in [0.25, 0.3) is 11.8 Å². The number of hydrogen-bond acceptors (Lipinski definition) is 7. The van der Waals surface area contributed by atoms with Crippen LogP contribution in [0.5, 0.6) is 5.75 Å². The molecule has 54 heavy (non-hydrogen) atoms. The number of ether oxygens (including phenoxy) is 2. The van der Waals surface area contributed by atoms with Crippen molar-refractivity contribution >= 4 is 23.5 Å². The van der Waals surface area contributed by atoms with Gasteiger partial charge in [0, 0.05) is 0 Å². The van der Waals surface area contributed by atoms with E-state index in [2.05, 4.69) is 10.6 Å². The summed E-state index contributed by atoms with van der Waals surface area (Å²) in [7, 11) is 0. The molecule has 286 valence electrons. The van der Waals surface area contributed by atoms with Crippen LogP contribution < -0.4 is 15.4 Å². The summed E-state index contributed by atoms with van der Waals surface area (Å²) in [6.45, 7) is 7.42. The molecule has 3 unspecified atom stereocenters. The summed E-state index contributed by atoms with van der Waals surface area (Å²) < 4.78 is 27.3. The maximum absolute atomic E-state index is 15.7. The Morgan fingerprint density at radius 1 is 0.685 bits per heavy atom. The van der Waals surface area contributed by atoms with Gasteiger partial charge in [0.15, 0.2) is 11.9 Å². The van der Waals surface area contributed by atoms with Gasteiger partial charge in [-0.25, -0.2) is 0 Å². The van der Waals surface area contributed by atoms with Crippen molar-refractivity contribution in [2.75, 3.05) is 6.61 Å². The fourth-order valence-electron chi connectivity index (χ4n) is 5.68. The van der Waals surface area contributed by atoms with Crippen LogP contribution in [0, 0.1) is 11.8 Å². The second-order valence-corrected chi connectivity index (χ2v) is 13.9. The number of ketones is 1. The quantitative estimate of drug-likeness (QED) is 0.0739.